The summed E-state index contributed by atoms with van der Waals surface area (Å²) in [5.41, 5.74) is 8.57. The van der Waals surface area contributed by atoms with Crippen LogP contribution in [-0.2, 0) is 10.3 Å². The Morgan fingerprint density at radius 2 is 2.35 bits per heavy atom. The van der Waals surface area contributed by atoms with Gasteiger partial charge in [-0.05, 0) is 48.9 Å². The van der Waals surface area contributed by atoms with Crippen LogP contribution in [0, 0.1) is 0 Å². The highest BCUT2D eigenvalue weighted by Crippen LogP contribution is 2.42. The van der Waals surface area contributed by atoms with E-state index in [0.717, 1.165) is 31.2 Å². The lowest BCUT2D eigenvalue weighted by Gasteiger charge is -2.47. The van der Waals surface area contributed by atoms with Crippen molar-refractivity contribution in [1.82, 2.24) is 4.90 Å². The molecular weight excluding hydrogens is 356 g/mol. The van der Waals surface area contributed by atoms with Gasteiger partial charge in [0.15, 0.2) is 0 Å². The maximum absolute atomic E-state index is 11.9. The number of rotatable bonds is 8. The van der Waals surface area contributed by atoms with Crippen LogP contribution in [0.25, 0.3) is 10.4 Å². The molecule has 7 nitrogen and oxygen atoms in total. The molecular formula is C18H25ClN4O3. The molecule has 1 unspecified atom stereocenters. The summed E-state index contributed by atoms with van der Waals surface area (Å²) < 4.78 is 6.30. The molecule has 1 N–H and O–H groups in total. The van der Waals surface area contributed by atoms with E-state index in [2.05, 4.69) is 10.0 Å². The van der Waals surface area contributed by atoms with E-state index in [1.54, 1.807) is 6.07 Å². The van der Waals surface area contributed by atoms with Gasteiger partial charge < -0.3 is 14.7 Å². The minimum Gasteiger partial charge on any atom is -0.465 e. The van der Waals surface area contributed by atoms with Gasteiger partial charge in [0, 0.05) is 23.0 Å². The van der Waals surface area contributed by atoms with Crippen LogP contribution < -0.4 is 0 Å². The molecule has 0 aliphatic carbocycles. The lowest BCUT2D eigenvalue weighted by molar-refractivity contribution is -0.115. The highest BCUT2D eigenvalue weighted by Gasteiger charge is 2.46. The quantitative estimate of drug-likeness (QED) is 0.290. The summed E-state index contributed by atoms with van der Waals surface area (Å²) in [6.07, 6.45) is 3.05. The van der Waals surface area contributed by atoms with Crippen LogP contribution in [0.1, 0.15) is 44.6 Å². The number of amides is 1. The molecule has 1 fully saturated rings. The number of benzene rings is 1. The molecule has 1 amide bonds. The predicted octanol–water partition coefficient (Wildman–Crippen LogP) is 5.19. The van der Waals surface area contributed by atoms with Gasteiger partial charge in [0.2, 0.25) is 0 Å². The number of carbonyl (C=O) groups is 1. The normalized spacial score (nSPS) is 19.5. The number of hydrogen-bond donors (Lipinski definition) is 1. The van der Waals surface area contributed by atoms with E-state index in [9.17, 15) is 9.90 Å². The summed E-state index contributed by atoms with van der Waals surface area (Å²) in [5, 5.41) is 13.9. The van der Waals surface area contributed by atoms with Crippen molar-refractivity contribution in [2.45, 2.75) is 50.7 Å². The Morgan fingerprint density at radius 1 is 1.54 bits per heavy atom. The van der Waals surface area contributed by atoms with E-state index >= 15 is 0 Å². The first kappa shape index (κ1) is 20.4. The number of carboxylic acid groups (broad SMARTS) is 1. The molecule has 1 heterocycles. The van der Waals surface area contributed by atoms with Crippen LogP contribution in [0.5, 0.6) is 0 Å². The molecule has 2 atom stereocenters. The molecule has 0 bridgehead atoms. The van der Waals surface area contributed by atoms with E-state index in [0.29, 0.717) is 18.0 Å². The third-order valence-corrected chi connectivity index (χ3v) is 5.07. The van der Waals surface area contributed by atoms with Crippen molar-refractivity contribution >= 4 is 17.7 Å². The van der Waals surface area contributed by atoms with Gasteiger partial charge >= 0.3 is 6.09 Å². The molecule has 8 heteroatoms. The molecule has 1 aromatic rings. The van der Waals surface area contributed by atoms with Gasteiger partial charge in [-0.15, -0.1) is 0 Å². The van der Waals surface area contributed by atoms with Crippen molar-refractivity contribution in [3.8, 4) is 0 Å². The Hall–Kier alpha value is -1.95. The SMILES string of the molecule is CCC[C@@](OCCN=[N+]=[N-])(c1cccc(Cl)c1)C1CCCCN1C(=O)O. The zero-order chi connectivity index (χ0) is 19.0. The molecule has 1 aliphatic rings. The molecule has 1 aliphatic heterocycles. The Bertz CT molecular complexity index is 666. The van der Waals surface area contributed by atoms with Crippen LogP contribution >= 0.6 is 11.6 Å². The molecule has 0 spiro atoms. The summed E-state index contributed by atoms with van der Waals surface area (Å²) in [6, 6.07) is 7.12. The van der Waals surface area contributed by atoms with Crippen molar-refractivity contribution in [2.75, 3.05) is 19.7 Å². The average Bonchev–Trinajstić information content (AvgIpc) is 2.64. The van der Waals surface area contributed by atoms with E-state index in [-0.39, 0.29) is 19.2 Å². The highest BCUT2D eigenvalue weighted by molar-refractivity contribution is 6.30. The zero-order valence-electron chi connectivity index (χ0n) is 15.0. The van der Waals surface area contributed by atoms with Gasteiger partial charge in [0.05, 0.1) is 12.6 Å². The molecule has 2 rings (SSSR count). The number of ether oxygens (including phenoxy) is 1. The van der Waals surface area contributed by atoms with Crippen LogP contribution in [0.15, 0.2) is 29.4 Å². The van der Waals surface area contributed by atoms with Gasteiger partial charge in [0.1, 0.15) is 5.60 Å². The van der Waals surface area contributed by atoms with Crippen molar-refractivity contribution in [1.29, 1.82) is 0 Å². The minimum atomic E-state index is -0.934. The summed E-state index contributed by atoms with van der Waals surface area (Å²) in [5.74, 6) is 0. The van der Waals surface area contributed by atoms with Crippen LogP contribution in [0.4, 0.5) is 4.79 Å². The first-order chi connectivity index (χ1) is 12.5. The number of likely N-dealkylation sites (tertiary alicyclic amines) is 1. The van der Waals surface area contributed by atoms with Gasteiger partial charge in [-0.3, -0.25) is 0 Å². The van der Waals surface area contributed by atoms with Gasteiger partial charge in [-0.1, -0.05) is 42.2 Å². The monoisotopic (exact) mass is 380 g/mol. The molecule has 1 aromatic carbocycles. The van der Waals surface area contributed by atoms with E-state index < -0.39 is 11.7 Å². The second kappa shape index (κ2) is 9.67. The number of hydrogen-bond acceptors (Lipinski definition) is 3. The fourth-order valence-corrected chi connectivity index (χ4v) is 4.03. The van der Waals surface area contributed by atoms with E-state index in [1.807, 2.05) is 25.1 Å². The third-order valence-electron chi connectivity index (χ3n) is 4.84. The average molecular weight is 381 g/mol. The van der Waals surface area contributed by atoms with Crippen molar-refractivity contribution in [3.63, 3.8) is 0 Å². The van der Waals surface area contributed by atoms with Crippen LogP contribution in [0.3, 0.4) is 0 Å². The largest absolute Gasteiger partial charge is 0.465 e. The second-order valence-corrected chi connectivity index (χ2v) is 6.88. The predicted molar refractivity (Wildman–Crippen MR) is 100 cm³/mol. The van der Waals surface area contributed by atoms with Crippen molar-refractivity contribution in [3.05, 3.63) is 45.3 Å². The van der Waals surface area contributed by atoms with Gasteiger partial charge in [-0.2, -0.15) is 0 Å². The molecule has 142 valence electrons. The smallest absolute Gasteiger partial charge is 0.407 e. The number of halogens is 1. The molecule has 0 aromatic heterocycles. The number of piperidine rings is 1. The standard InChI is InChI=1S/C18H25ClN4O3/c1-2-9-18(26-12-10-21-22-20,14-6-5-7-15(19)13-14)16-8-3-4-11-23(16)17(24)25/h5-7,13,16H,2-4,8-12H2,1H3,(H,24,25)/t16?,18-/m1/s1. The summed E-state index contributed by atoms with van der Waals surface area (Å²) in [6.45, 7) is 2.96. The van der Waals surface area contributed by atoms with Gasteiger partial charge in [0.25, 0.3) is 0 Å². The maximum Gasteiger partial charge on any atom is 0.407 e. The van der Waals surface area contributed by atoms with Crippen LogP contribution in [-0.4, -0.2) is 41.8 Å². The molecule has 0 saturated carbocycles. The van der Waals surface area contributed by atoms with E-state index in [1.165, 1.54) is 4.90 Å². The molecule has 26 heavy (non-hydrogen) atoms. The highest BCUT2D eigenvalue weighted by atomic mass is 35.5. The first-order valence-electron chi connectivity index (χ1n) is 8.95. The second-order valence-electron chi connectivity index (χ2n) is 6.44. The lowest BCUT2D eigenvalue weighted by Crippen LogP contribution is -2.56. The van der Waals surface area contributed by atoms with E-state index in [4.69, 9.17) is 21.9 Å². The summed E-state index contributed by atoms with van der Waals surface area (Å²) in [7, 11) is 0. The fourth-order valence-electron chi connectivity index (χ4n) is 3.84. The zero-order valence-corrected chi connectivity index (χ0v) is 15.7. The van der Waals surface area contributed by atoms with Crippen molar-refractivity contribution in [2.24, 2.45) is 5.11 Å². The summed E-state index contributed by atoms with van der Waals surface area (Å²) in [4.78, 5) is 16.1. The minimum absolute atomic E-state index is 0.197. The maximum atomic E-state index is 11.9. The topological polar surface area (TPSA) is 98.5 Å². The third kappa shape index (κ3) is 4.61. The lowest BCUT2D eigenvalue weighted by atomic mass is 9.77. The van der Waals surface area contributed by atoms with Crippen LogP contribution in [0.2, 0.25) is 5.02 Å². The Morgan fingerprint density at radius 3 is 3.00 bits per heavy atom. The number of azide groups is 1. The Kier molecular flexibility index (Phi) is 7.57. The fraction of sp³-hybridized carbons (Fsp3) is 0.611. The first-order valence-corrected chi connectivity index (χ1v) is 9.33. The number of nitrogens with zero attached hydrogens (tertiary/aromatic N) is 4. The Balaban J connectivity index is 2.49. The Labute approximate surface area is 158 Å². The van der Waals surface area contributed by atoms with Crippen molar-refractivity contribution < 1.29 is 14.6 Å². The summed E-state index contributed by atoms with van der Waals surface area (Å²) >= 11 is 6.22. The van der Waals surface area contributed by atoms with Gasteiger partial charge in [-0.25, -0.2) is 4.79 Å². The molecule has 0 radical (unpaired) electrons. The molecule has 1 saturated heterocycles.